The number of hydrogen-bond donors (Lipinski definition) is 2. The van der Waals surface area contributed by atoms with Crippen LogP contribution in [0.4, 0.5) is 5.69 Å². The van der Waals surface area contributed by atoms with Gasteiger partial charge in [0.25, 0.3) is 0 Å². The van der Waals surface area contributed by atoms with E-state index in [1.54, 1.807) is 12.1 Å². The van der Waals surface area contributed by atoms with Gasteiger partial charge in [-0.15, -0.1) is 0 Å². The second-order valence-corrected chi connectivity index (χ2v) is 3.34. The molecule has 1 aromatic rings. The molecule has 1 aliphatic rings. The second-order valence-electron chi connectivity index (χ2n) is 2.94. The van der Waals surface area contributed by atoms with Crippen molar-refractivity contribution >= 4 is 23.2 Å². The SMILES string of the molecule is ON1CCNC1=Nc1ccccc1Cl. The number of aliphatic imine (C=N–C) groups is 1. The number of hydrogen-bond acceptors (Lipinski definition) is 2. The first kappa shape index (κ1) is 9.30. The summed E-state index contributed by atoms with van der Waals surface area (Å²) in [5.74, 6) is 0.443. The van der Waals surface area contributed by atoms with Crippen molar-refractivity contribution < 1.29 is 5.21 Å². The highest BCUT2D eigenvalue weighted by Crippen LogP contribution is 2.24. The number of nitrogens with one attached hydrogen (secondary N) is 1. The first-order valence-corrected chi connectivity index (χ1v) is 4.68. The molecule has 4 nitrogen and oxygen atoms in total. The molecule has 0 atom stereocenters. The van der Waals surface area contributed by atoms with Crippen LogP contribution in [0, 0.1) is 0 Å². The Labute approximate surface area is 86.8 Å². The maximum atomic E-state index is 9.34. The Bertz CT molecular complexity index is 367. The van der Waals surface area contributed by atoms with E-state index in [1.807, 2.05) is 12.1 Å². The van der Waals surface area contributed by atoms with Gasteiger partial charge in [-0.05, 0) is 12.1 Å². The molecule has 74 valence electrons. The maximum absolute atomic E-state index is 9.34. The van der Waals surface area contributed by atoms with Gasteiger partial charge in [-0.2, -0.15) is 0 Å². The van der Waals surface area contributed by atoms with Gasteiger partial charge < -0.3 is 5.32 Å². The topological polar surface area (TPSA) is 47.9 Å². The summed E-state index contributed by atoms with van der Waals surface area (Å²) >= 11 is 5.92. The van der Waals surface area contributed by atoms with Gasteiger partial charge in [0.2, 0.25) is 5.96 Å². The number of benzene rings is 1. The number of guanidine groups is 1. The fourth-order valence-corrected chi connectivity index (χ4v) is 1.40. The van der Waals surface area contributed by atoms with E-state index in [-0.39, 0.29) is 0 Å². The summed E-state index contributed by atoms with van der Waals surface area (Å²) in [4.78, 5) is 4.19. The molecule has 2 rings (SSSR count). The molecular formula is C9H10ClN3O. The smallest absolute Gasteiger partial charge is 0.223 e. The fourth-order valence-electron chi connectivity index (χ4n) is 1.22. The van der Waals surface area contributed by atoms with E-state index in [1.165, 1.54) is 0 Å². The second kappa shape index (κ2) is 3.86. The van der Waals surface area contributed by atoms with Gasteiger partial charge in [0, 0.05) is 6.54 Å². The molecule has 0 aliphatic carbocycles. The minimum Gasteiger partial charge on any atom is -0.352 e. The van der Waals surface area contributed by atoms with Gasteiger partial charge in [0.1, 0.15) is 0 Å². The Balaban J connectivity index is 2.29. The number of rotatable bonds is 1. The molecule has 1 heterocycles. The Hall–Kier alpha value is -1.26. The van der Waals surface area contributed by atoms with E-state index in [2.05, 4.69) is 10.3 Å². The largest absolute Gasteiger partial charge is 0.352 e. The first-order chi connectivity index (χ1) is 6.77. The van der Waals surface area contributed by atoms with Gasteiger partial charge >= 0.3 is 0 Å². The van der Waals surface area contributed by atoms with Gasteiger partial charge in [-0.1, -0.05) is 23.7 Å². The number of hydroxylamine groups is 2. The highest BCUT2D eigenvalue weighted by molar-refractivity contribution is 6.33. The molecule has 1 fully saturated rings. The zero-order valence-electron chi connectivity index (χ0n) is 7.44. The summed E-state index contributed by atoms with van der Waals surface area (Å²) in [5, 5.41) is 13.9. The van der Waals surface area contributed by atoms with Crippen molar-refractivity contribution in [1.82, 2.24) is 10.4 Å². The first-order valence-electron chi connectivity index (χ1n) is 4.31. The zero-order chi connectivity index (χ0) is 9.97. The van der Waals surface area contributed by atoms with E-state index in [0.29, 0.717) is 29.8 Å². The third kappa shape index (κ3) is 1.81. The molecule has 1 aromatic carbocycles. The van der Waals surface area contributed by atoms with E-state index in [9.17, 15) is 5.21 Å². The third-order valence-electron chi connectivity index (χ3n) is 1.93. The molecule has 0 amide bonds. The fraction of sp³-hybridized carbons (Fsp3) is 0.222. The average Bonchev–Trinajstić information content (AvgIpc) is 2.56. The van der Waals surface area contributed by atoms with Gasteiger partial charge in [-0.25, -0.2) is 10.1 Å². The van der Waals surface area contributed by atoms with Crippen LogP contribution in [0.1, 0.15) is 0 Å². The average molecular weight is 212 g/mol. The van der Waals surface area contributed by atoms with Crippen LogP contribution in [0.2, 0.25) is 5.02 Å². The lowest BCUT2D eigenvalue weighted by Gasteiger charge is -2.07. The van der Waals surface area contributed by atoms with Crippen LogP contribution < -0.4 is 5.32 Å². The molecule has 5 heteroatoms. The summed E-state index contributed by atoms with van der Waals surface area (Å²) in [5.41, 5.74) is 0.651. The third-order valence-corrected chi connectivity index (χ3v) is 2.25. The predicted molar refractivity (Wildman–Crippen MR) is 55.0 cm³/mol. The molecular weight excluding hydrogens is 202 g/mol. The summed E-state index contributed by atoms with van der Waals surface area (Å²) in [6.45, 7) is 1.24. The molecule has 1 aliphatic heterocycles. The maximum Gasteiger partial charge on any atom is 0.223 e. The number of nitrogens with zero attached hydrogens (tertiary/aromatic N) is 2. The van der Waals surface area contributed by atoms with E-state index >= 15 is 0 Å². The standard InChI is InChI=1S/C9H10ClN3O/c10-7-3-1-2-4-8(7)12-9-11-5-6-13(9)14/h1-4,14H,5-6H2,(H,11,12). The van der Waals surface area contributed by atoms with Crippen molar-refractivity contribution in [3.8, 4) is 0 Å². The number of halogens is 1. The molecule has 0 radical (unpaired) electrons. The minimum atomic E-state index is 0.443. The van der Waals surface area contributed by atoms with Crippen molar-refractivity contribution in [2.24, 2.45) is 4.99 Å². The lowest BCUT2D eigenvalue weighted by atomic mass is 10.3. The van der Waals surface area contributed by atoms with Crippen molar-refractivity contribution in [3.63, 3.8) is 0 Å². The molecule has 0 spiro atoms. The van der Waals surface area contributed by atoms with Crippen LogP contribution in [0.5, 0.6) is 0 Å². The van der Waals surface area contributed by atoms with Gasteiger partial charge in [0.05, 0.1) is 17.3 Å². The normalized spacial score (nSPS) is 18.7. The molecule has 0 aromatic heterocycles. The summed E-state index contributed by atoms with van der Waals surface area (Å²) < 4.78 is 0. The Morgan fingerprint density at radius 3 is 2.86 bits per heavy atom. The molecule has 1 saturated heterocycles. The molecule has 2 N–H and O–H groups in total. The van der Waals surface area contributed by atoms with Crippen LogP contribution in [-0.4, -0.2) is 29.3 Å². The Kier molecular flexibility index (Phi) is 2.56. The molecule has 0 unspecified atom stereocenters. The quantitative estimate of drug-likeness (QED) is 0.742. The predicted octanol–water partition coefficient (Wildman–Crippen LogP) is 1.62. The van der Waals surface area contributed by atoms with Crippen molar-refractivity contribution in [1.29, 1.82) is 0 Å². The van der Waals surface area contributed by atoms with Crippen LogP contribution >= 0.6 is 11.6 Å². The van der Waals surface area contributed by atoms with Gasteiger partial charge in [0.15, 0.2) is 0 Å². The summed E-state index contributed by atoms with van der Waals surface area (Å²) in [7, 11) is 0. The highest BCUT2D eigenvalue weighted by atomic mass is 35.5. The lowest BCUT2D eigenvalue weighted by Crippen LogP contribution is -2.26. The van der Waals surface area contributed by atoms with Crippen molar-refractivity contribution in [3.05, 3.63) is 29.3 Å². The van der Waals surface area contributed by atoms with E-state index < -0.39 is 0 Å². The van der Waals surface area contributed by atoms with Crippen LogP contribution in [0.3, 0.4) is 0 Å². The lowest BCUT2D eigenvalue weighted by molar-refractivity contribution is -0.00126. The zero-order valence-corrected chi connectivity index (χ0v) is 8.20. The van der Waals surface area contributed by atoms with Gasteiger partial charge in [-0.3, -0.25) is 5.21 Å². The molecule has 0 bridgehead atoms. The Morgan fingerprint density at radius 1 is 1.43 bits per heavy atom. The molecule has 0 saturated carbocycles. The summed E-state index contributed by atoms with van der Waals surface area (Å²) in [6, 6.07) is 7.24. The Morgan fingerprint density at radius 2 is 2.21 bits per heavy atom. The monoisotopic (exact) mass is 211 g/mol. The number of para-hydroxylation sites is 1. The van der Waals surface area contributed by atoms with Crippen molar-refractivity contribution in [2.45, 2.75) is 0 Å². The molecule has 14 heavy (non-hydrogen) atoms. The van der Waals surface area contributed by atoms with E-state index in [0.717, 1.165) is 5.06 Å². The van der Waals surface area contributed by atoms with Crippen molar-refractivity contribution in [2.75, 3.05) is 13.1 Å². The van der Waals surface area contributed by atoms with Crippen LogP contribution in [-0.2, 0) is 0 Å². The van der Waals surface area contributed by atoms with E-state index in [4.69, 9.17) is 11.6 Å². The minimum absolute atomic E-state index is 0.443. The van der Waals surface area contributed by atoms with Crippen LogP contribution in [0.15, 0.2) is 29.3 Å². The highest BCUT2D eigenvalue weighted by Gasteiger charge is 2.15. The van der Waals surface area contributed by atoms with Crippen LogP contribution in [0.25, 0.3) is 0 Å². The summed E-state index contributed by atoms with van der Waals surface area (Å²) in [6.07, 6.45) is 0.